The monoisotopic (exact) mass is 340 g/mol. The van der Waals surface area contributed by atoms with Gasteiger partial charge in [0.1, 0.15) is 17.0 Å². The van der Waals surface area contributed by atoms with Gasteiger partial charge < -0.3 is 14.5 Å². The highest BCUT2D eigenvalue weighted by Crippen LogP contribution is 2.32. The predicted octanol–water partition coefficient (Wildman–Crippen LogP) is 1.67. The number of pyridine rings is 1. The number of fused-ring (bicyclic) bond motifs is 1. The average molecular weight is 340 g/mol. The van der Waals surface area contributed by atoms with Gasteiger partial charge in [-0.3, -0.25) is 14.0 Å². The zero-order valence-electron chi connectivity index (χ0n) is 13.5. The molecule has 1 N–H and O–H groups in total. The van der Waals surface area contributed by atoms with E-state index in [4.69, 9.17) is 4.52 Å². The zero-order chi connectivity index (χ0) is 17.6. The zero-order valence-corrected chi connectivity index (χ0v) is 13.5. The number of hydrogen-bond donors (Lipinski definition) is 1. The molecule has 3 aromatic rings. The second-order valence-electron chi connectivity index (χ2n) is 6.08. The van der Waals surface area contributed by atoms with Gasteiger partial charge in [0.15, 0.2) is 11.4 Å². The molecule has 0 saturated carbocycles. The Morgan fingerprint density at radius 3 is 3.04 bits per heavy atom. The van der Waals surface area contributed by atoms with Crippen LogP contribution in [-0.2, 0) is 0 Å². The number of rotatable bonds is 2. The molecule has 8 heteroatoms. The van der Waals surface area contributed by atoms with Gasteiger partial charge in [0.05, 0.1) is 6.04 Å². The van der Waals surface area contributed by atoms with E-state index in [1.165, 1.54) is 28.9 Å². The Morgan fingerprint density at radius 1 is 1.44 bits per heavy atom. The molecule has 3 aromatic heterocycles. The SMILES string of the molecule is Cc1cc([C@@H]2CCCN2C(=O)c2cnc3c(O)cccn3c2=O)no1. The highest BCUT2D eigenvalue weighted by atomic mass is 16.5. The molecular formula is C17H16N4O4. The first-order valence-electron chi connectivity index (χ1n) is 8.00. The van der Waals surface area contributed by atoms with Crippen molar-refractivity contribution in [2.45, 2.75) is 25.8 Å². The van der Waals surface area contributed by atoms with Gasteiger partial charge in [0.25, 0.3) is 11.5 Å². The third-order valence-electron chi connectivity index (χ3n) is 4.44. The number of hydrogen-bond acceptors (Lipinski definition) is 6. The summed E-state index contributed by atoms with van der Waals surface area (Å²) >= 11 is 0. The van der Waals surface area contributed by atoms with Crippen LogP contribution in [0, 0.1) is 6.92 Å². The van der Waals surface area contributed by atoms with Crippen molar-refractivity contribution in [3.63, 3.8) is 0 Å². The van der Waals surface area contributed by atoms with Crippen molar-refractivity contribution >= 4 is 11.6 Å². The van der Waals surface area contributed by atoms with Crippen LogP contribution in [0.25, 0.3) is 5.65 Å². The molecule has 0 aliphatic carbocycles. The molecule has 1 atom stereocenters. The number of aromatic nitrogens is 3. The molecule has 8 nitrogen and oxygen atoms in total. The highest BCUT2D eigenvalue weighted by molar-refractivity contribution is 5.94. The van der Waals surface area contributed by atoms with E-state index in [1.807, 2.05) is 0 Å². The standard InChI is InChI=1S/C17H16N4O4/c1-10-8-12(19-25-10)13-4-2-6-20(13)16(23)11-9-18-15-14(22)5-3-7-21(15)17(11)24/h3,5,7-9,13,22H,2,4,6H2,1H3/t13-/m0/s1. The minimum absolute atomic E-state index is 0.0322. The van der Waals surface area contributed by atoms with Gasteiger partial charge >= 0.3 is 0 Å². The van der Waals surface area contributed by atoms with E-state index in [2.05, 4.69) is 10.1 Å². The molecule has 4 rings (SSSR count). The quantitative estimate of drug-likeness (QED) is 0.761. The number of carbonyl (C=O) groups excluding carboxylic acids is 1. The predicted molar refractivity (Wildman–Crippen MR) is 87.4 cm³/mol. The summed E-state index contributed by atoms with van der Waals surface area (Å²) in [5.41, 5.74) is 0.270. The van der Waals surface area contributed by atoms with Crippen molar-refractivity contribution in [2.75, 3.05) is 6.54 Å². The fraction of sp³-hybridized carbons (Fsp3) is 0.294. The Balaban J connectivity index is 1.74. The summed E-state index contributed by atoms with van der Waals surface area (Å²) in [6.07, 6.45) is 4.29. The first kappa shape index (κ1) is 15.4. The van der Waals surface area contributed by atoms with Crippen molar-refractivity contribution < 1.29 is 14.4 Å². The van der Waals surface area contributed by atoms with Crippen molar-refractivity contribution in [3.05, 3.63) is 58.0 Å². The smallest absolute Gasteiger partial charge is 0.270 e. The van der Waals surface area contributed by atoms with Crippen LogP contribution in [0.5, 0.6) is 5.75 Å². The van der Waals surface area contributed by atoms with Crippen LogP contribution in [0.4, 0.5) is 0 Å². The highest BCUT2D eigenvalue weighted by Gasteiger charge is 2.34. The lowest BCUT2D eigenvalue weighted by atomic mass is 10.1. The third-order valence-corrected chi connectivity index (χ3v) is 4.44. The first-order valence-corrected chi connectivity index (χ1v) is 8.00. The van der Waals surface area contributed by atoms with E-state index in [1.54, 1.807) is 17.9 Å². The van der Waals surface area contributed by atoms with E-state index in [0.717, 1.165) is 12.8 Å². The van der Waals surface area contributed by atoms with Crippen molar-refractivity contribution in [1.29, 1.82) is 0 Å². The number of likely N-dealkylation sites (tertiary alicyclic amines) is 1. The summed E-state index contributed by atoms with van der Waals surface area (Å²) in [4.78, 5) is 31.3. The lowest BCUT2D eigenvalue weighted by molar-refractivity contribution is 0.0728. The maximum atomic E-state index is 12.9. The molecule has 0 spiro atoms. The van der Waals surface area contributed by atoms with Gasteiger partial charge in [-0.05, 0) is 31.9 Å². The Kier molecular flexibility index (Phi) is 3.52. The molecule has 1 fully saturated rings. The normalized spacial score (nSPS) is 17.3. The van der Waals surface area contributed by atoms with Crippen LogP contribution in [0.1, 0.15) is 40.7 Å². The van der Waals surface area contributed by atoms with E-state index in [9.17, 15) is 14.7 Å². The van der Waals surface area contributed by atoms with Crippen LogP contribution in [0.3, 0.4) is 0 Å². The first-order chi connectivity index (χ1) is 12.1. The Labute approximate surface area is 142 Å². The average Bonchev–Trinajstić information content (AvgIpc) is 3.24. The van der Waals surface area contributed by atoms with Gasteiger partial charge in [0, 0.05) is 25.0 Å². The van der Waals surface area contributed by atoms with Gasteiger partial charge in [-0.15, -0.1) is 0 Å². The van der Waals surface area contributed by atoms with Crippen molar-refractivity contribution in [2.24, 2.45) is 0 Å². The summed E-state index contributed by atoms with van der Waals surface area (Å²) in [5.74, 6) is 0.173. The molecule has 128 valence electrons. The van der Waals surface area contributed by atoms with Crippen LogP contribution in [-0.4, -0.2) is 37.0 Å². The van der Waals surface area contributed by atoms with E-state index >= 15 is 0 Å². The molecule has 25 heavy (non-hydrogen) atoms. The number of carbonyl (C=O) groups is 1. The fourth-order valence-corrected chi connectivity index (χ4v) is 3.25. The minimum atomic E-state index is -0.507. The molecule has 4 heterocycles. The van der Waals surface area contributed by atoms with Crippen LogP contribution in [0.15, 0.2) is 39.9 Å². The van der Waals surface area contributed by atoms with Crippen molar-refractivity contribution in [3.8, 4) is 5.75 Å². The molecule has 1 saturated heterocycles. The van der Waals surface area contributed by atoms with Crippen LogP contribution in [0.2, 0.25) is 0 Å². The largest absolute Gasteiger partial charge is 0.504 e. The topological polar surface area (TPSA) is 101 Å². The second kappa shape index (κ2) is 5.73. The number of aromatic hydroxyl groups is 1. The summed E-state index contributed by atoms with van der Waals surface area (Å²) in [6, 6.07) is 4.55. The molecule has 1 amide bonds. The van der Waals surface area contributed by atoms with E-state index in [0.29, 0.717) is 18.0 Å². The van der Waals surface area contributed by atoms with Gasteiger partial charge in [-0.25, -0.2) is 4.98 Å². The van der Waals surface area contributed by atoms with E-state index in [-0.39, 0.29) is 23.0 Å². The number of nitrogens with zero attached hydrogens (tertiary/aromatic N) is 4. The molecule has 0 bridgehead atoms. The molecular weight excluding hydrogens is 324 g/mol. The molecule has 1 aliphatic rings. The van der Waals surface area contributed by atoms with E-state index < -0.39 is 11.5 Å². The van der Waals surface area contributed by atoms with Gasteiger partial charge in [-0.2, -0.15) is 0 Å². The maximum absolute atomic E-state index is 12.9. The maximum Gasteiger partial charge on any atom is 0.270 e. The van der Waals surface area contributed by atoms with Crippen LogP contribution < -0.4 is 5.56 Å². The number of amides is 1. The third kappa shape index (κ3) is 2.46. The lowest BCUT2D eigenvalue weighted by Crippen LogP contribution is -2.35. The Bertz CT molecular complexity index is 1020. The Morgan fingerprint density at radius 2 is 2.28 bits per heavy atom. The lowest BCUT2D eigenvalue weighted by Gasteiger charge is -2.22. The van der Waals surface area contributed by atoms with Crippen LogP contribution >= 0.6 is 0 Å². The minimum Gasteiger partial charge on any atom is -0.504 e. The Hall–Kier alpha value is -3.16. The summed E-state index contributed by atoms with van der Waals surface area (Å²) in [7, 11) is 0. The van der Waals surface area contributed by atoms with Gasteiger partial charge in [-0.1, -0.05) is 5.16 Å². The number of aryl methyl sites for hydroxylation is 1. The molecule has 1 aliphatic heterocycles. The molecule has 0 unspecified atom stereocenters. The molecule has 0 radical (unpaired) electrons. The summed E-state index contributed by atoms with van der Waals surface area (Å²) < 4.78 is 6.29. The summed E-state index contributed by atoms with van der Waals surface area (Å²) in [6.45, 7) is 2.33. The fourth-order valence-electron chi connectivity index (χ4n) is 3.25. The van der Waals surface area contributed by atoms with Crippen molar-refractivity contribution in [1.82, 2.24) is 19.4 Å². The van der Waals surface area contributed by atoms with Gasteiger partial charge in [0.2, 0.25) is 0 Å². The molecule has 0 aromatic carbocycles. The summed E-state index contributed by atoms with van der Waals surface area (Å²) in [5, 5.41) is 13.8. The second-order valence-corrected chi connectivity index (χ2v) is 6.08.